The van der Waals surface area contributed by atoms with Gasteiger partial charge in [0.2, 0.25) is 5.91 Å². The van der Waals surface area contributed by atoms with Gasteiger partial charge in [0, 0.05) is 20.2 Å². The topological polar surface area (TPSA) is 55.6 Å². The summed E-state index contributed by atoms with van der Waals surface area (Å²) < 4.78 is 5.49. The number of nitrogens with two attached hydrogens (primary N) is 1. The Balaban J connectivity index is 2.73. The summed E-state index contributed by atoms with van der Waals surface area (Å²) in [4.78, 5) is 14.2. The molecule has 0 aliphatic carbocycles. The van der Waals surface area contributed by atoms with Crippen LogP contribution in [0.3, 0.4) is 0 Å². The third kappa shape index (κ3) is 2.38. The Morgan fingerprint density at radius 2 is 2.25 bits per heavy atom. The predicted molar refractivity (Wildman–Crippen MR) is 64.0 cm³/mol. The molecule has 3 atom stereocenters. The molecule has 1 rings (SSSR count). The Morgan fingerprint density at radius 1 is 1.62 bits per heavy atom. The van der Waals surface area contributed by atoms with Crippen LogP contribution in [-0.4, -0.2) is 43.2 Å². The number of ether oxygens (including phenoxy) is 1. The van der Waals surface area contributed by atoms with Crippen molar-refractivity contribution in [3.8, 4) is 0 Å². The first-order valence-electron chi connectivity index (χ1n) is 6.05. The number of hydrogen-bond acceptors (Lipinski definition) is 3. The van der Waals surface area contributed by atoms with E-state index in [1.54, 1.807) is 0 Å². The summed E-state index contributed by atoms with van der Waals surface area (Å²) >= 11 is 0. The molecule has 1 aliphatic heterocycles. The Labute approximate surface area is 98.1 Å². The van der Waals surface area contributed by atoms with Crippen LogP contribution in [0.2, 0.25) is 0 Å². The second-order valence-corrected chi connectivity index (χ2v) is 4.97. The van der Waals surface area contributed by atoms with Crippen molar-refractivity contribution in [3.63, 3.8) is 0 Å². The number of amides is 1. The van der Waals surface area contributed by atoms with E-state index in [0.29, 0.717) is 6.54 Å². The van der Waals surface area contributed by atoms with Crippen LogP contribution in [0.25, 0.3) is 0 Å². The lowest BCUT2D eigenvalue weighted by Crippen LogP contribution is -2.50. The summed E-state index contributed by atoms with van der Waals surface area (Å²) in [6.45, 7) is 7.11. The van der Waals surface area contributed by atoms with Gasteiger partial charge in [-0.05, 0) is 26.7 Å². The van der Waals surface area contributed by atoms with E-state index in [1.165, 1.54) is 0 Å². The van der Waals surface area contributed by atoms with E-state index in [-0.39, 0.29) is 18.1 Å². The van der Waals surface area contributed by atoms with E-state index in [1.807, 2.05) is 32.7 Å². The largest absolute Gasteiger partial charge is 0.376 e. The predicted octanol–water partition coefficient (Wildman–Crippen LogP) is 0.997. The second kappa shape index (κ2) is 5.15. The van der Waals surface area contributed by atoms with Gasteiger partial charge in [-0.2, -0.15) is 0 Å². The lowest BCUT2D eigenvalue weighted by molar-refractivity contribution is -0.142. The van der Waals surface area contributed by atoms with Crippen LogP contribution in [0.5, 0.6) is 0 Å². The van der Waals surface area contributed by atoms with Crippen molar-refractivity contribution in [1.82, 2.24) is 4.90 Å². The molecule has 94 valence electrons. The van der Waals surface area contributed by atoms with Crippen molar-refractivity contribution in [1.29, 1.82) is 0 Å². The molecular weight excluding hydrogens is 204 g/mol. The first-order chi connectivity index (χ1) is 7.46. The molecule has 0 saturated carbocycles. The highest BCUT2D eigenvalue weighted by atomic mass is 16.5. The van der Waals surface area contributed by atoms with Gasteiger partial charge in [-0.25, -0.2) is 0 Å². The summed E-state index contributed by atoms with van der Waals surface area (Å²) in [7, 11) is 1.86. The van der Waals surface area contributed by atoms with Crippen molar-refractivity contribution in [2.45, 2.75) is 45.8 Å². The molecule has 0 spiro atoms. The number of nitrogens with zero attached hydrogens (tertiary/aromatic N) is 1. The van der Waals surface area contributed by atoms with Crippen LogP contribution in [0.1, 0.15) is 33.6 Å². The van der Waals surface area contributed by atoms with Crippen LogP contribution in [0, 0.1) is 5.41 Å². The summed E-state index contributed by atoms with van der Waals surface area (Å²) in [5.41, 5.74) is 5.28. The van der Waals surface area contributed by atoms with Gasteiger partial charge in [-0.3, -0.25) is 4.79 Å². The third-order valence-electron chi connectivity index (χ3n) is 3.90. The summed E-state index contributed by atoms with van der Waals surface area (Å²) in [6, 6.07) is 0.199. The minimum atomic E-state index is -0.433. The molecule has 0 bridgehead atoms. The zero-order valence-corrected chi connectivity index (χ0v) is 10.8. The normalized spacial score (nSPS) is 28.8. The Morgan fingerprint density at radius 3 is 2.62 bits per heavy atom. The maximum Gasteiger partial charge on any atom is 0.229 e. The summed E-state index contributed by atoms with van der Waals surface area (Å²) in [5.74, 6) is 0.139. The Hall–Kier alpha value is -0.610. The van der Waals surface area contributed by atoms with E-state index >= 15 is 0 Å². The molecule has 0 radical (unpaired) electrons. The number of hydrogen-bond donors (Lipinski definition) is 1. The van der Waals surface area contributed by atoms with Gasteiger partial charge in [0.1, 0.15) is 0 Å². The van der Waals surface area contributed by atoms with Gasteiger partial charge in [-0.1, -0.05) is 6.92 Å². The zero-order valence-electron chi connectivity index (χ0n) is 10.8. The Kier molecular flexibility index (Phi) is 4.33. The molecule has 0 aromatic heterocycles. The molecule has 1 aliphatic rings. The average Bonchev–Trinajstić information content (AvgIpc) is 2.72. The number of likely N-dealkylation sites (N-methyl/N-ethyl adjacent to an activating group) is 1. The van der Waals surface area contributed by atoms with Crippen molar-refractivity contribution < 1.29 is 9.53 Å². The highest BCUT2D eigenvalue weighted by molar-refractivity contribution is 5.82. The molecule has 4 heteroatoms. The van der Waals surface area contributed by atoms with E-state index < -0.39 is 5.41 Å². The smallest absolute Gasteiger partial charge is 0.229 e. The Bertz CT molecular complexity index is 251. The number of rotatable bonds is 4. The number of carbonyl (C=O) groups excluding carboxylic acids is 1. The van der Waals surface area contributed by atoms with Crippen molar-refractivity contribution >= 4 is 5.91 Å². The highest BCUT2D eigenvalue weighted by Gasteiger charge is 2.38. The van der Waals surface area contributed by atoms with Crippen molar-refractivity contribution in [2.24, 2.45) is 11.1 Å². The van der Waals surface area contributed by atoms with Gasteiger partial charge < -0.3 is 15.4 Å². The molecule has 3 unspecified atom stereocenters. The minimum Gasteiger partial charge on any atom is -0.376 e. The molecule has 1 heterocycles. The molecule has 1 amide bonds. The molecule has 2 N–H and O–H groups in total. The van der Waals surface area contributed by atoms with E-state index in [9.17, 15) is 4.79 Å². The molecule has 4 nitrogen and oxygen atoms in total. The molecule has 1 fully saturated rings. The monoisotopic (exact) mass is 228 g/mol. The van der Waals surface area contributed by atoms with Gasteiger partial charge >= 0.3 is 0 Å². The fourth-order valence-corrected chi connectivity index (χ4v) is 2.19. The molecular formula is C12H24N2O2. The fraction of sp³-hybridized carbons (Fsp3) is 0.917. The van der Waals surface area contributed by atoms with E-state index in [0.717, 1.165) is 19.4 Å². The zero-order chi connectivity index (χ0) is 12.3. The van der Waals surface area contributed by atoms with E-state index in [2.05, 4.69) is 0 Å². The second-order valence-electron chi connectivity index (χ2n) is 4.97. The lowest BCUT2D eigenvalue weighted by atomic mass is 9.85. The maximum atomic E-state index is 12.4. The lowest BCUT2D eigenvalue weighted by Gasteiger charge is -2.35. The number of carbonyl (C=O) groups is 1. The van der Waals surface area contributed by atoms with Crippen LogP contribution in [0.15, 0.2) is 0 Å². The first-order valence-corrected chi connectivity index (χ1v) is 6.05. The average molecular weight is 228 g/mol. The standard InChI is InChI=1S/C12H24N2O2/c1-5-12(3,8-13)11(15)14(4)10-6-7-16-9(10)2/h9-10H,5-8,13H2,1-4H3. The molecule has 16 heavy (non-hydrogen) atoms. The van der Waals surface area contributed by atoms with Gasteiger partial charge in [0.25, 0.3) is 0 Å². The van der Waals surface area contributed by atoms with Crippen LogP contribution in [-0.2, 0) is 9.53 Å². The first kappa shape index (κ1) is 13.5. The van der Waals surface area contributed by atoms with Crippen molar-refractivity contribution in [2.75, 3.05) is 20.2 Å². The quantitative estimate of drug-likeness (QED) is 0.781. The van der Waals surface area contributed by atoms with Crippen LogP contribution >= 0.6 is 0 Å². The maximum absolute atomic E-state index is 12.4. The van der Waals surface area contributed by atoms with Gasteiger partial charge in [-0.15, -0.1) is 0 Å². The molecule has 1 saturated heterocycles. The van der Waals surface area contributed by atoms with Gasteiger partial charge in [0.15, 0.2) is 0 Å². The molecule has 0 aromatic carbocycles. The van der Waals surface area contributed by atoms with E-state index in [4.69, 9.17) is 10.5 Å². The summed E-state index contributed by atoms with van der Waals surface area (Å²) in [6.07, 6.45) is 1.83. The SMILES string of the molecule is CCC(C)(CN)C(=O)N(C)C1CCOC1C. The van der Waals surface area contributed by atoms with Crippen LogP contribution in [0.4, 0.5) is 0 Å². The van der Waals surface area contributed by atoms with Gasteiger partial charge in [0.05, 0.1) is 17.6 Å². The summed E-state index contributed by atoms with van der Waals surface area (Å²) in [5, 5.41) is 0. The highest BCUT2D eigenvalue weighted by Crippen LogP contribution is 2.26. The third-order valence-corrected chi connectivity index (χ3v) is 3.90. The fourth-order valence-electron chi connectivity index (χ4n) is 2.19. The minimum absolute atomic E-state index is 0.132. The molecule has 0 aromatic rings. The van der Waals surface area contributed by atoms with Crippen molar-refractivity contribution in [3.05, 3.63) is 0 Å². The van der Waals surface area contributed by atoms with Crippen LogP contribution < -0.4 is 5.73 Å².